The summed E-state index contributed by atoms with van der Waals surface area (Å²) in [4.78, 5) is 28.6. The van der Waals surface area contributed by atoms with Crippen LogP contribution in [-0.2, 0) is 20.6 Å². The Bertz CT molecular complexity index is 1310. The van der Waals surface area contributed by atoms with Gasteiger partial charge in [-0.3, -0.25) is 13.9 Å². The highest BCUT2D eigenvalue weighted by Gasteiger charge is 2.16. The van der Waals surface area contributed by atoms with Crippen LogP contribution < -0.4 is 20.7 Å². The third-order valence-electron chi connectivity index (χ3n) is 4.87. The number of hydrogen-bond acceptors (Lipinski definition) is 6. The summed E-state index contributed by atoms with van der Waals surface area (Å²) in [6, 6.07) is 16.5. The summed E-state index contributed by atoms with van der Waals surface area (Å²) in [6.07, 6.45) is 0.546. The lowest BCUT2D eigenvalue weighted by molar-refractivity contribution is 0.0933. The van der Waals surface area contributed by atoms with Crippen molar-refractivity contribution in [3.8, 4) is 17.2 Å². The van der Waals surface area contributed by atoms with Gasteiger partial charge in [0.2, 0.25) is 0 Å². The van der Waals surface area contributed by atoms with E-state index in [1.54, 1.807) is 31.3 Å². The molecule has 0 spiro atoms. The number of para-hydroxylation sites is 1. The first kappa shape index (κ1) is 20.4. The molecule has 2 aromatic heterocycles. The lowest BCUT2D eigenvalue weighted by Gasteiger charge is -2.14. The van der Waals surface area contributed by atoms with Gasteiger partial charge in [0, 0.05) is 14.1 Å². The van der Waals surface area contributed by atoms with E-state index >= 15 is 0 Å². The molecule has 0 bridgehead atoms. The summed E-state index contributed by atoms with van der Waals surface area (Å²) in [5.74, 6) is 1.99. The number of imidazole rings is 1. The van der Waals surface area contributed by atoms with E-state index < -0.39 is 17.4 Å². The predicted octanol–water partition coefficient (Wildman–Crippen LogP) is 1.67. The van der Waals surface area contributed by atoms with Crippen molar-refractivity contribution < 1.29 is 14.6 Å². The number of rotatable bonds is 7. The van der Waals surface area contributed by atoms with Gasteiger partial charge in [-0.2, -0.15) is 0 Å². The van der Waals surface area contributed by atoms with Gasteiger partial charge in [-0.1, -0.05) is 18.2 Å². The summed E-state index contributed by atoms with van der Waals surface area (Å²) in [7, 11) is 2.96. The van der Waals surface area contributed by atoms with Crippen molar-refractivity contribution in [2.45, 2.75) is 12.6 Å². The van der Waals surface area contributed by atoms with Gasteiger partial charge in [-0.25, -0.2) is 9.78 Å². The smallest absolute Gasteiger partial charge is 0.332 e. The molecule has 1 N–H and O–H groups in total. The fourth-order valence-corrected chi connectivity index (χ4v) is 3.24. The molecule has 0 saturated heterocycles. The molecule has 2 heterocycles. The van der Waals surface area contributed by atoms with Gasteiger partial charge in [-0.05, 0) is 36.4 Å². The van der Waals surface area contributed by atoms with E-state index in [1.807, 2.05) is 30.3 Å². The Morgan fingerprint density at radius 3 is 2.29 bits per heavy atom. The second-order valence-electron chi connectivity index (χ2n) is 7.13. The first-order valence-corrected chi connectivity index (χ1v) is 9.68. The summed E-state index contributed by atoms with van der Waals surface area (Å²) >= 11 is 0. The number of fused-ring (bicyclic) bond motifs is 1. The molecule has 0 aliphatic rings. The van der Waals surface area contributed by atoms with Crippen LogP contribution >= 0.6 is 0 Å². The molecule has 9 nitrogen and oxygen atoms in total. The van der Waals surface area contributed by atoms with E-state index in [2.05, 4.69) is 4.98 Å². The monoisotopic (exact) mass is 422 g/mol. The van der Waals surface area contributed by atoms with Crippen molar-refractivity contribution in [1.82, 2.24) is 18.7 Å². The fourth-order valence-electron chi connectivity index (χ4n) is 3.24. The van der Waals surface area contributed by atoms with Crippen LogP contribution in [0, 0.1) is 0 Å². The summed E-state index contributed by atoms with van der Waals surface area (Å²) in [5.41, 5.74) is -0.384. The maximum Gasteiger partial charge on any atom is 0.332 e. The van der Waals surface area contributed by atoms with Crippen LogP contribution in [0.1, 0.15) is 0 Å². The first-order valence-electron chi connectivity index (χ1n) is 9.68. The zero-order valence-corrected chi connectivity index (χ0v) is 17.1. The molecule has 4 aromatic rings. The molecule has 9 heteroatoms. The summed E-state index contributed by atoms with van der Waals surface area (Å²) in [6.45, 7) is 0.115. The van der Waals surface area contributed by atoms with Crippen molar-refractivity contribution in [1.29, 1.82) is 0 Å². The molecule has 0 radical (unpaired) electrons. The number of nitrogens with zero attached hydrogens (tertiary/aromatic N) is 4. The maximum atomic E-state index is 12.5. The van der Waals surface area contributed by atoms with E-state index in [4.69, 9.17) is 9.47 Å². The third kappa shape index (κ3) is 4.22. The van der Waals surface area contributed by atoms with Gasteiger partial charge in [0.1, 0.15) is 30.0 Å². The van der Waals surface area contributed by atoms with Gasteiger partial charge >= 0.3 is 5.69 Å². The molecule has 2 aromatic carbocycles. The maximum absolute atomic E-state index is 12.5. The Hall–Kier alpha value is -3.85. The minimum Gasteiger partial charge on any atom is -0.491 e. The molecule has 0 saturated carbocycles. The summed E-state index contributed by atoms with van der Waals surface area (Å²) in [5, 5.41) is 10.4. The molecule has 0 aliphatic heterocycles. The van der Waals surface area contributed by atoms with E-state index in [0.717, 1.165) is 10.3 Å². The van der Waals surface area contributed by atoms with Gasteiger partial charge in [-0.15, -0.1) is 0 Å². The number of aromatic nitrogens is 4. The fraction of sp³-hybridized carbons (Fsp3) is 0.227. The number of aliphatic hydroxyl groups is 1. The molecular formula is C22H22N4O5. The topological polar surface area (TPSA) is 101 Å². The van der Waals surface area contributed by atoms with Crippen molar-refractivity contribution in [3.05, 3.63) is 81.8 Å². The second-order valence-corrected chi connectivity index (χ2v) is 7.13. The summed E-state index contributed by atoms with van der Waals surface area (Å²) < 4.78 is 15.2. The Labute approximate surface area is 177 Å². The van der Waals surface area contributed by atoms with Crippen LogP contribution in [0.25, 0.3) is 11.2 Å². The number of benzene rings is 2. The third-order valence-corrected chi connectivity index (χ3v) is 4.87. The number of aliphatic hydroxyl groups excluding tert-OH is 1. The van der Waals surface area contributed by atoms with Gasteiger partial charge in [0.25, 0.3) is 5.56 Å². The standard InChI is InChI=1S/C22H22N4O5/c1-24-20-19(21(28)25(2)22(24)29)26(14-23-20)12-15(27)13-30-16-8-10-18(11-9-16)31-17-6-4-3-5-7-17/h3-11,14-15,27H,12-13H2,1-2H3. The van der Waals surface area contributed by atoms with Gasteiger partial charge < -0.3 is 19.1 Å². The second kappa shape index (κ2) is 8.49. The van der Waals surface area contributed by atoms with Crippen LogP contribution in [0.2, 0.25) is 0 Å². The largest absolute Gasteiger partial charge is 0.491 e. The minimum absolute atomic E-state index is 0.0185. The van der Waals surface area contributed by atoms with E-state index in [1.165, 1.54) is 22.5 Å². The number of hydrogen-bond donors (Lipinski definition) is 1. The molecule has 4 rings (SSSR count). The normalized spacial score (nSPS) is 12.1. The van der Waals surface area contributed by atoms with Crippen LogP contribution in [0.4, 0.5) is 0 Å². The molecule has 0 aliphatic carbocycles. The number of ether oxygens (including phenoxy) is 2. The first-order chi connectivity index (χ1) is 14.9. The SMILES string of the molecule is Cn1c(=O)c2c(ncn2CC(O)COc2ccc(Oc3ccccc3)cc2)n(C)c1=O. The van der Waals surface area contributed by atoms with Crippen LogP contribution in [-0.4, -0.2) is 36.5 Å². The Morgan fingerprint density at radius 2 is 1.58 bits per heavy atom. The van der Waals surface area contributed by atoms with Crippen molar-refractivity contribution in [2.24, 2.45) is 14.1 Å². The van der Waals surface area contributed by atoms with Crippen LogP contribution in [0.15, 0.2) is 70.5 Å². The van der Waals surface area contributed by atoms with Gasteiger partial charge in [0.05, 0.1) is 12.9 Å². The molecule has 1 atom stereocenters. The molecule has 0 amide bonds. The van der Waals surface area contributed by atoms with Crippen molar-refractivity contribution in [2.75, 3.05) is 6.61 Å². The Balaban J connectivity index is 1.40. The van der Waals surface area contributed by atoms with E-state index in [0.29, 0.717) is 11.5 Å². The highest BCUT2D eigenvalue weighted by molar-refractivity contribution is 5.69. The lowest BCUT2D eigenvalue weighted by atomic mass is 10.3. The average Bonchev–Trinajstić information content (AvgIpc) is 3.20. The van der Waals surface area contributed by atoms with E-state index in [9.17, 15) is 14.7 Å². The molecular weight excluding hydrogens is 400 g/mol. The lowest BCUT2D eigenvalue weighted by Crippen LogP contribution is -2.38. The molecule has 0 fully saturated rings. The zero-order valence-electron chi connectivity index (χ0n) is 17.1. The quantitative estimate of drug-likeness (QED) is 0.486. The van der Waals surface area contributed by atoms with Gasteiger partial charge in [0.15, 0.2) is 11.2 Å². The highest BCUT2D eigenvalue weighted by Crippen LogP contribution is 2.23. The highest BCUT2D eigenvalue weighted by atomic mass is 16.5. The van der Waals surface area contributed by atoms with Crippen molar-refractivity contribution in [3.63, 3.8) is 0 Å². The van der Waals surface area contributed by atoms with Crippen molar-refractivity contribution >= 4 is 11.2 Å². The predicted molar refractivity (Wildman–Crippen MR) is 115 cm³/mol. The molecule has 31 heavy (non-hydrogen) atoms. The Morgan fingerprint density at radius 1 is 0.935 bits per heavy atom. The molecule has 160 valence electrons. The molecule has 1 unspecified atom stereocenters. The minimum atomic E-state index is -0.889. The average molecular weight is 422 g/mol. The zero-order chi connectivity index (χ0) is 22.0. The Kier molecular flexibility index (Phi) is 5.59. The number of aryl methyl sites for hydroxylation is 1. The van der Waals surface area contributed by atoms with Crippen LogP contribution in [0.5, 0.6) is 17.2 Å². The van der Waals surface area contributed by atoms with E-state index in [-0.39, 0.29) is 24.3 Å². The van der Waals surface area contributed by atoms with Crippen LogP contribution in [0.3, 0.4) is 0 Å².